The number of aromatic amines is 2. The van der Waals surface area contributed by atoms with E-state index in [4.69, 9.17) is 16.3 Å². The maximum absolute atomic E-state index is 12.6. The van der Waals surface area contributed by atoms with Crippen LogP contribution in [-0.4, -0.2) is 69.3 Å². The summed E-state index contributed by atoms with van der Waals surface area (Å²) in [7, 11) is 1.59. The lowest BCUT2D eigenvalue weighted by Crippen LogP contribution is -2.55. The smallest absolute Gasteiger partial charge is 0.337 e. The van der Waals surface area contributed by atoms with Gasteiger partial charge in [0.15, 0.2) is 11.0 Å². The number of benzene rings is 1. The number of aromatic nitrogens is 4. The molecule has 10 nitrogen and oxygen atoms in total. The second-order valence-electron chi connectivity index (χ2n) is 7.36. The van der Waals surface area contributed by atoms with E-state index in [1.807, 2.05) is 11.8 Å². The summed E-state index contributed by atoms with van der Waals surface area (Å²) >= 11 is 6.04. The van der Waals surface area contributed by atoms with Crippen LogP contribution in [0, 0.1) is 0 Å². The molecule has 3 heterocycles. The van der Waals surface area contributed by atoms with Crippen LogP contribution in [-0.2, 0) is 11.2 Å². The highest BCUT2D eigenvalue weighted by molar-refractivity contribution is 6.30. The number of hydrogen-bond donors (Lipinski definition) is 4. The Labute approximate surface area is 183 Å². The molecule has 3 aromatic rings. The average molecular weight is 447 g/mol. The van der Waals surface area contributed by atoms with Gasteiger partial charge in [-0.1, -0.05) is 24.6 Å². The number of anilines is 1. The molecule has 11 heteroatoms. The number of amides is 1. The van der Waals surface area contributed by atoms with E-state index < -0.39 is 5.97 Å². The van der Waals surface area contributed by atoms with Crippen LogP contribution in [0.4, 0.5) is 5.95 Å². The van der Waals surface area contributed by atoms with Crippen LogP contribution in [0.25, 0.3) is 11.0 Å². The summed E-state index contributed by atoms with van der Waals surface area (Å²) in [6.07, 6.45) is 0.975. The third-order valence-electron chi connectivity index (χ3n) is 5.51. The van der Waals surface area contributed by atoms with E-state index in [9.17, 15) is 14.7 Å². The minimum atomic E-state index is -1.02. The molecule has 31 heavy (non-hydrogen) atoms. The van der Waals surface area contributed by atoms with Gasteiger partial charge in [0, 0.05) is 20.2 Å². The van der Waals surface area contributed by atoms with Gasteiger partial charge in [0.1, 0.15) is 5.52 Å². The molecular formula is C20H23ClN6O4. The van der Waals surface area contributed by atoms with Crippen molar-refractivity contribution in [2.45, 2.75) is 31.9 Å². The standard InChI is InChI=1S/C20H23ClN6O4/c1-3-11-16(21)26-17(22-11)18(28)23-12-7-8-27(9-14(12)31-2)20-24-13-6-4-5-10(19(29)30)15(13)25-20/h4-6,12,14H,3,7-9H2,1-2H3,(H,22,26)(H,23,28)(H,24,25)(H,29,30). The summed E-state index contributed by atoms with van der Waals surface area (Å²) in [6, 6.07) is 4.78. The number of aryl methyl sites for hydroxylation is 1. The molecule has 2 aromatic heterocycles. The predicted molar refractivity (Wildman–Crippen MR) is 115 cm³/mol. The van der Waals surface area contributed by atoms with E-state index in [-0.39, 0.29) is 29.4 Å². The topological polar surface area (TPSA) is 136 Å². The quantitative estimate of drug-likeness (QED) is 0.455. The Kier molecular flexibility index (Phi) is 5.84. The number of carbonyl (C=O) groups excluding carboxylic acids is 1. The number of nitrogens with one attached hydrogen (secondary N) is 3. The number of ether oxygens (including phenoxy) is 1. The largest absolute Gasteiger partial charge is 0.478 e. The average Bonchev–Trinajstić information content (AvgIpc) is 3.36. The fourth-order valence-electron chi connectivity index (χ4n) is 3.82. The number of fused-ring (bicyclic) bond motifs is 1. The molecule has 1 saturated heterocycles. The van der Waals surface area contributed by atoms with Gasteiger partial charge in [0.2, 0.25) is 5.95 Å². The van der Waals surface area contributed by atoms with E-state index in [2.05, 4.69) is 25.3 Å². The number of carbonyl (C=O) groups is 2. The number of rotatable bonds is 6. The lowest BCUT2D eigenvalue weighted by molar-refractivity contribution is 0.0536. The van der Waals surface area contributed by atoms with Crippen molar-refractivity contribution in [2.75, 3.05) is 25.1 Å². The van der Waals surface area contributed by atoms with Gasteiger partial charge in [0.05, 0.1) is 28.9 Å². The van der Waals surface area contributed by atoms with Crippen LogP contribution < -0.4 is 10.2 Å². The summed E-state index contributed by atoms with van der Waals surface area (Å²) < 4.78 is 5.63. The fraction of sp³-hybridized carbons (Fsp3) is 0.400. The van der Waals surface area contributed by atoms with Gasteiger partial charge in [-0.3, -0.25) is 4.79 Å². The van der Waals surface area contributed by atoms with Gasteiger partial charge in [-0.15, -0.1) is 0 Å². The molecule has 1 aromatic carbocycles. The molecule has 1 amide bonds. The van der Waals surface area contributed by atoms with Gasteiger partial charge in [0.25, 0.3) is 5.91 Å². The molecule has 4 N–H and O–H groups in total. The monoisotopic (exact) mass is 446 g/mol. The van der Waals surface area contributed by atoms with Crippen LogP contribution in [0.2, 0.25) is 5.15 Å². The number of halogens is 1. The summed E-state index contributed by atoms with van der Waals surface area (Å²) in [6.45, 7) is 3.00. The Bertz CT molecular complexity index is 1130. The molecule has 0 radical (unpaired) electrons. The van der Waals surface area contributed by atoms with Crippen molar-refractivity contribution in [1.82, 2.24) is 25.3 Å². The second kappa shape index (κ2) is 8.56. The van der Waals surface area contributed by atoms with Gasteiger partial charge in [-0.2, -0.15) is 0 Å². The first kappa shape index (κ1) is 21.1. The van der Waals surface area contributed by atoms with Gasteiger partial charge < -0.3 is 30.0 Å². The number of para-hydroxylation sites is 1. The van der Waals surface area contributed by atoms with Crippen molar-refractivity contribution in [3.05, 3.63) is 40.4 Å². The highest BCUT2D eigenvalue weighted by Crippen LogP contribution is 2.24. The number of piperidine rings is 1. The highest BCUT2D eigenvalue weighted by atomic mass is 35.5. The zero-order valence-electron chi connectivity index (χ0n) is 17.1. The van der Waals surface area contributed by atoms with E-state index in [0.29, 0.717) is 48.1 Å². The Balaban J connectivity index is 1.48. The summed E-state index contributed by atoms with van der Waals surface area (Å²) in [5, 5.41) is 12.7. The molecule has 164 valence electrons. The van der Waals surface area contributed by atoms with Crippen LogP contribution in [0.5, 0.6) is 0 Å². The second-order valence-corrected chi connectivity index (χ2v) is 7.72. The zero-order chi connectivity index (χ0) is 22.1. The van der Waals surface area contributed by atoms with Crippen LogP contribution in [0.1, 0.15) is 40.0 Å². The Morgan fingerprint density at radius 2 is 2.16 bits per heavy atom. The molecule has 0 saturated carbocycles. The number of methoxy groups -OCH3 is 1. The minimum Gasteiger partial charge on any atom is -0.478 e. The van der Waals surface area contributed by atoms with Crippen LogP contribution in [0.15, 0.2) is 18.2 Å². The van der Waals surface area contributed by atoms with Gasteiger partial charge in [-0.25, -0.2) is 14.8 Å². The fourth-order valence-corrected chi connectivity index (χ4v) is 4.09. The van der Waals surface area contributed by atoms with Crippen molar-refractivity contribution in [3.8, 4) is 0 Å². The van der Waals surface area contributed by atoms with E-state index in [1.165, 1.54) is 6.07 Å². The number of hydrogen-bond acceptors (Lipinski definition) is 6. The number of nitrogens with zero attached hydrogens (tertiary/aromatic N) is 3. The number of aromatic carboxylic acids is 1. The van der Waals surface area contributed by atoms with E-state index in [0.717, 1.165) is 5.69 Å². The Morgan fingerprint density at radius 3 is 2.84 bits per heavy atom. The van der Waals surface area contributed by atoms with Gasteiger partial charge >= 0.3 is 5.97 Å². The predicted octanol–water partition coefficient (Wildman–Crippen LogP) is 2.22. The molecule has 1 aliphatic rings. The lowest BCUT2D eigenvalue weighted by Gasteiger charge is -2.37. The van der Waals surface area contributed by atoms with E-state index in [1.54, 1.807) is 19.2 Å². The maximum atomic E-state index is 12.6. The third kappa shape index (κ3) is 4.08. The molecule has 2 atom stereocenters. The van der Waals surface area contributed by atoms with Crippen molar-refractivity contribution in [1.29, 1.82) is 0 Å². The SMILES string of the molecule is CCc1[nH]c(C(=O)NC2CCN(c3nc4c(C(=O)O)cccc4[nH]3)CC2OC)nc1Cl. The maximum Gasteiger partial charge on any atom is 0.337 e. The molecule has 0 aliphatic carbocycles. The summed E-state index contributed by atoms with van der Waals surface area (Å²) in [4.78, 5) is 40.8. The lowest BCUT2D eigenvalue weighted by atomic mass is 10.0. The first-order valence-corrected chi connectivity index (χ1v) is 10.3. The number of carboxylic acid groups (broad SMARTS) is 1. The molecular weight excluding hydrogens is 424 g/mol. The van der Waals surface area contributed by atoms with Crippen LogP contribution >= 0.6 is 11.6 Å². The van der Waals surface area contributed by atoms with Crippen molar-refractivity contribution in [3.63, 3.8) is 0 Å². The Morgan fingerprint density at radius 1 is 1.35 bits per heavy atom. The number of H-pyrrole nitrogens is 2. The van der Waals surface area contributed by atoms with Crippen molar-refractivity contribution in [2.24, 2.45) is 0 Å². The molecule has 4 rings (SSSR count). The van der Waals surface area contributed by atoms with Gasteiger partial charge in [-0.05, 0) is 25.0 Å². The number of imidazole rings is 2. The normalized spacial score (nSPS) is 19.0. The molecule has 2 unspecified atom stereocenters. The third-order valence-corrected chi connectivity index (χ3v) is 5.82. The first-order valence-electron chi connectivity index (χ1n) is 9.96. The Hall–Kier alpha value is -3.11. The molecule has 0 bridgehead atoms. The molecule has 1 aliphatic heterocycles. The number of carboxylic acids is 1. The zero-order valence-corrected chi connectivity index (χ0v) is 17.9. The summed E-state index contributed by atoms with van der Waals surface area (Å²) in [5.41, 5.74) is 1.93. The summed E-state index contributed by atoms with van der Waals surface area (Å²) in [5.74, 6) is -0.611. The van der Waals surface area contributed by atoms with Crippen LogP contribution in [0.3, 0.4) is 0 Å². The highest BCUT2D eigenvalue weighted by Gasteiger charge is 2.32. The molecule has 0 spiro atoms. The van der Waals surface area contributed by atoms with Crippen molar-refractivity contribution < 1.29 is 19.4 Å². The first-order chi connectivity index (χ1) is 14.9. The minimum absolute atomic E-state index is 0.147. The molecule has 1 fully saturated rings. The van der Waals surface area contributed by atoms with E-state index >= 15 is 0 Å². The van der Waals surface area contributed by atoms with Crippen molar-refractivity contribution >= 4 is 40.5 Å².